The molecule has 44 heavy (non-hydrogen) atoms. The van der Waals surface area contributed by atoms with Crippen LogP contribution >= 0.6 is 0 Å². The number of esters is 2. The number of alkyl halides is 7. The molecule has 0 saturated heterocycles. The third-order valence-electron chi connectivity index (χ3n) is 5.82. The molecule has 238 valence electrons. The Labute approximate surface area is 246 Å². The van der Waals surface area contributed by atoms with Crippen molar-refractivity contribution >= 4 is 11.9 Å². The summed E-state index contributed by atoms with van der Waals surface area (Å²) in [6.07, 6.45) is -6.95. The molecule has 3 rings (SSSR count). The van der Waals surface area contributed by atoms with Crippen LogP contribution < -0.4 is 9.47 Å². The van der Waals surface area contributed by atoms with Crippen LogP contribution in [0.25, 0.3) is 11.1 Å². The summed E-state index contributed by atoms with van der Waals surface area (Å²) in [5, 5.41) is 0. The van der Waals surface area contributed by atoms with Gasteiger partial charge in [-0.15, -0.1) is 0 Å². The highest BCUT2D eigenvalue weighted by Crippen LogP contribution is 2.46. The predicted octanol–water partition coefficient (Wildman–Crippen LogP) is 7.90. The van der Waals surface area contributed by atoms with Crippen LogP contribution in [0.15, 0.2) is 66.7 Å². The van der Waals surface area contributed by atoms with Crippen molar-refractivity contribution in [1.29, 1.82) is 0 Å². The third kappa shape index (κ3) is 8.68. The fourth-order valence-electron chi connectivity index (χ4n) is 3.55. The summed E-state index contributed by atoms with van der Waals surface area (Å²) in [7, 11) is 0. The van der Waals surface area contributed by atoms with Crippen LogP contribution in [0.4, 0.5) is 35.1 Å². The Morgan fingerprint density at radius 1 is 0.750 bits per heavy atom. The van der Waals surface area contributed by atoms with Crippen LogP contribution in [0.3, 0.4) is 0 Å². The summed E-state index contributed by atoms with van der Waals surface area (Å²) in [4.78, 5) is 24.5. The summed E-state index contributed by atoms with van der Waals surface area (Å²) in [6.45, 7) is 0.270. The summed E-state index contributed by atoms with van der Waals surface area (Å²) >= 11 is 0. The average Bonchev–Trinajstić information content (AvgIpc) is 2.95. The van der Waals surface area contributed by atoms with Crippen molar-refractivity contribution in [2.75, 3.05) is 19.8 Å². The van der Waals surface area contributed by atoms with Gasteiger partial charge in [-0.2, -0.15) is 30.7 Å². The molecule has 0 fully saturated rings. The molecule has 0 bridgehead atoms. The minimum absolute atomic E-state index is 0.162. The second-order valence-electron chi connectivity index (χ2n) is 9.62. The van der Waals surface area contributed by atoms with Gasteiger partial charge in [-0.1, -0.05) is 24.3 Å². The van der Waals surface area contributed by atoms with Crippen LogP contribution in [0.1, 0.15) is 41.0 Å². The van der Waals surface area contributed by atoms with E-state index in [1.165, 1.54) is 18.2 Å². The van der Waals surface area contributed by atoms with Crippen LogP contribution in [0.2, 0.25) is 0 Å². The molecule has 0 atom stereocenters. The fourth-order valence-corrected chi connectivity index (χ4v) is 3.55. The number of carbonyl (C=O) groups is 2. The number of hydrogen-bond acceptors (Lipinski definition) is 6. The van der Waals surface area contributed by atoms with Gasteiger partial charge in [0, 0.05) is 6.42 Å². The van der Waals surface area contributed by atoms with Gasteiger partial charge in [0.2, 0.25) is 0 Å². The standard InChI is InChI=1S/C30H26F8O6/c1-18(2)43-26(39)21-6-4-19(5-7-21)20-8-11-23(12-9-20)44-27(40)22-10-13-25(24(31)16-22)42-15-3-14-41-17-28(32,33)29(34,35)30(36,37)38/h4-13,16,18H,3,14-15,17H2,1-2H3. The molecule has 0 saturated carbocycles. The first kappa shape index (κ1) is 34.3. The quantitative estimate of drug-likeness (QED) is 0.0825. The molecule has 0 aliphatic rings. The van der Waals surface area contributed by atoms with Crippen molar-refractivity contribution in [3.8, 4) is 22.6 Å². The lowest BCUT2D eigenvalue weighted by molar-refractivity contribution is -0.361. The van der Waals surface area contributed by atoms with E-state index in [1.807, 2.05) is 0 Å². The van der Waals surface area contributed by atoms with Gasteiger partial charge in [0.15, 0.2) is 11.6 Å². The van der Waals surface area contributed by atoms with Gasteiger partial charge in [0.1, 0.15) is 12.4 Å². The molecule has 0 unspecified atom stereocenters. The molecule has 3 aromatic rings. The lowest BCUT2D eigenvalue weighted by Gasteiger charge is -2.27. The Balaban J connectivity index is 1.48. The van der Waals surface area contributed by atoms with Crippen molar-refractivity contribution in [3.05, 3.63) is 83.7 Å². The third-order valence-corrected chi connectivity index (χ3v) is 5.82. The van der Waals surface area contributed by atoms with Crippen molar-refractivity contribution in [1.82, 2.24) is 0 Å². The lowest BCUT2D eigenvalue weighted by Crippen LogP contribution is -2.54. The molecule has 14 heteroatoms. The van der Waals surface area contributed by atoms with E-state index in [-0.39, 0.29) is 36.2 Å². The monoisotopic (exact) mass is 634 g/mol. The first-order chi connectivity index (χ1) is 20.5. The zero-order chi connectivity index (χ0) is 32.7. The average molecular weight is 635 g/mol. The maximum absolute atomic E-state index is 14.4. The van der Waals surface area contributed by atoms with E-state index in [0.717, 1.165) is 23.3 Å². The first-order valence-electron chi connectivity index (χ1n) is 13.0. The number of carbonyl (C=O) groups excluding carboxylic acids is 2. The van der Waals surface area contributed by atoms with Gasteiger partial charge in [-0.3, -0.25) is 0 Å². The zero-order valence-electron chi connectivity index (χ0n) is 23.2. The van der Waals surface area contributed by atoms with Gasteiger partial charge in [-0.25, -0.2) is 14.0 Å². The zero-order valence-corrected chi connectivity index (χ0v) is 23.2. The highest BCUT2D eigenvalue weighted by molar-refractivity contribution is 5.91. The van der Waals surface area contributed by atoms with Crippen molar-refractivity contribution < 1.29 is 63.7 Å². The van der Waals surface area contributed by atoms with Crippen molar-refractivity contribution in [2.24, 2.45) is 0 Å². The molecule has 0 aromatic heterocycles. The molecule has 0 aliphatic heterocycles. The highest BCUT2D eigenvalue weighted by Gasteiger charge is 2.72. The SMILES string of the molecule is CC(C)OC(=O)c1ccc(-c2ccc(OC(=O)c3ccc(OCCCOCC(F)(F)C(F)(F)C(F)(F)F)c(F)c3)cc2)cc1. The normalized spacial score (nSPS) is 12.2. The molecular weight excluding hydrogens is 608 g/mol. The van der Waals surface area contributed by atoms with Gasteiger partial charge in [0.05, 0.1) is 30.4 Å². The maximum Gasteiger partial charge on any atom is 0.459 e. The number of hydrogen-bond donors (Lipinski definition) is 0. The summed E-state index contributed by atoms with van der Waals surface area (Å²) in [5.41, 5.74) is 1.78. The molecule has 0 amide bonds. The summed E-state index contributed by atoms with van der Waals surface area (Å²) in [5.74, 6) is -14.2. The lowest BCUT2D eigenvalue weighted by atomic mass is 10.0. The van der Waals surface area contributed by atoms with Crippen molar-refractivity contribution in [3.63, 3.8) is 0 Å². The Morgan fingerprint density at radius 2 is 1.32 bits per heavy atom. The number of ether oxygens (including phenoxy) is 4. The number of benzene rings is 3. The van der Waals surface area contributed by atoms with Crippen LogP contribution in [0, 0.1) is 5.82 Å². The summed E-state index contributed by atoms with van der Waals surface area (Å²) in [6, 6.07) is 16.2. The molecule has 6 nitrogen and oxygen atoms in total. The molecule has 3 aromatic carbocycles. The molecule has 0 N–H and O–H groups in total. The number of rotatable bonds is 13. The van der Waals surface area contributed by atoms with Crippen LogP contribution in [-0.4, -0.2) is 55.9 Å². The molecule has 0 aliphatic carbocycles. The van der Waals surface area contributed by atoms with E-state index in [0.29, 0.717) is 5.56 Å². The van der Waals surface area contributed by atoms with Crippen molar-refractivity contribution in [2.45, 2.75) is 44.4 Å². The molecule has 0 radical (unpaired) electrons. The summed E-state index contributed by atoms with van der Waals surface area (Å²) < 4.78 is 123. The van der Waals surface area contributed by atoms with Gasteiger partial charge < -0.3 is 18.9 Å². The Hall–Kier alpha value is -4.20. The van der Waals surface area contributed by atoms with Crippen LogP contribution in [0.5, 0.6) is 11.5 Å². The molecular formula is C30H26F8O6. The second kappa shape index (κ2) is 14.1. The number of halogens is 8. The van der Waals surface area contributed by atoms with E-state index >= 15 is 0 Å². The largest absolute Gasteiger partial charge is 0.490 e. The van der Waals surface area contributed by atoms with E-state index in [2.05, 4.69) is 4.74 Å². The second-order valence-corrected chi connectivity index (χ2v) is 9.62. The minimum atomic E-state index is -6.45. The fraction of sp³-hybridized carbons (Fsp3) is 0.333. The maximum atomic E-state index is 14.4. The molecule has 0 heterocycles. The van der Waals surface area contributed by atoms with E-state index in [4.69, 9.17) is 14.2 Å². The minimum Gasteiger partial charge on any atom is -0.490 e. The van der Waals surface area contributed by atoms with Gasteiger partial charge in [0.25, 0.3) is 0 Å². The Morgan fingerprint density at radius 3 is 1.86 bits per heavy atom. The van der Waals surface area contributed by atoms with E-state index < -0.39 is 49.0 Å². The predicted molar refractivity (Wildman–Crippen MR) is 141 cm³/mol. The highest BCUT2D eigenvalue weighted by atomic mass is 19.4. The van der Waals surface area contributed by atoms with Gasteiger partial charge in [-0.05, 0) is 67.4 Å². The van der Waals surface area contributed by atoms with Crippen LogP contribution in [-0.2, 0) is 9.47 Å². The van der Waals surface area contributed by atoms with E-state index in [1.54, 1.807) is 50.2 Å². The Kier molecular flexibility index (Phi) is 11.0. The topological polar surface area (TPSA) is 71.1 Å². The Bertz CT molecular complexity index is 1420. The molecule has 0 spiro atoms. The van der Waals surface area contributed by atoms with E-state index in [9.17, 15) is 44.7 Å². The van der Waals surface area contributed by atoms with Gasteiger partial charge >= 0.3 is 30.0 Å². The first-order valence-corrected chi connectivity index (χ1v) is 13.0. The smallest absolute Gasteiger partial charge is 0.459 e.